The topological polar surface area (TPSA) is 69.6 Å². The van der Waals surface area contributed by atoms with Crippen LogP contribution in [0.3, 0.4) is 0 Å². The lowest BCUT2D eigenvalue weighted by Gasteiger charge is -2.44. The van der Waals surface area contributed by atoms with E-state index in [1.54, 1.807) is 0 Å². The summed E-state index contributed by atoms with van der Waals surface area (Å²) in [4.78, 5) is 26.0. The van der Waals surface area contributed by atoms with Gasteiger partial charge in [-0.2, -0.15) is 0 Å². The Kier molecular flexibility index (Phi) is 5.53. The van der Waals surface area contributed by atoms with Gasteiger partial charge in [-0.15, -0.1) is 0 Å². The van der Waals surface area contributed by atoms with Crippen molar-refractivity contribution in [3.8, 4) is 0 Å². The van der Waals surface area contributed by atoms with Crippen LogP contribution in [0.1, 0.15) is 70.6 Å². The molecule has 0 aliphatic heterocycles. The van der Waals surface area contributed by atoms with E-state index in [4.69, 9.17) is 5.11 Å². The first-order valence-corrected chi connectivity index (χ1v) is 10.8. The second-order valence-electron chi connectivity index (χ2n) is 9.41. The number of rotatable bonds is 7. The lowest BCUT2D eigenvalue weighted by atomic mass is 9.67. The van der Waals surface area contributed by atoms with Crippen LogP contribution in [0, 0.1) is 23.7 Å². The summed E-state index contributed by atoms with van der Waals surface area (Å²) in [5.74, 6) is 2.12. The molecule has 146 valence electrons. The molecule has 5 heteroatoms. The van der Waals surface area contributed by atoms with Crippen LogP contribution in [-0.4, -0.2) is 47.1 Å². The molecule has 5 nitrogen and oxygen atoms in total. The van der Waals surface area contributed by atoms with E-state index >= 15 is 0 Å². The number of nitrogens with zero attached hydrogens (tertiary/aromatic N) is 1. The van der Waals surface area contributed by atoms with E-state index in [1.165, 1.54) is 44.9 Å². The summed E-state index contributed by atoms with van der Waals surface area (Å²) in [7, 11) is 0. The molecule has 0 aromatic rings. The number of amides is 1. The maximum absolute atomic E-state index is 12.7. The molecule has 0 radical (unpaired) electrons. The van der Waals surface area contributed by atoms with Crippen LogP contribution in [0.4, 0.5) is 0 Å². The average molecular weight is 363 g/mol. The number of aliphatic carboxylic acids is 1. The van der Waals surface area contributed by atoms with Gasteiger partial charge in [0.2, 0.25) is 5.91 Å². The monoisotopic (exact) mass is 362 g/mol. The van der Waals surface area contributed by atoms with Gasteiger partial charge in [-0.25, -0.2) is 0 Å². The molecular formula is C21H34N2O3. The highest BCUT2D eigenvalue weighted by Gasteiger charge is 2.40. The number of carboxylic acid groups (broad SMARTS) is 1. The zero-order valence-corrected chi connectivity index (χ0v) is 15.9. The van der Waals surface area contributed by atoms with E-state index in [0.29, 0.717) is 12.0 Å². The lowest BCUT2D eigenvalue weighted by Crippen LogP contribution is -2.56. The molecule has 4 rings (SSSR count). The van der Waals surface area contributed by atoms with Crippen molar-refractivity contribution >= 4 is 11.9 Å². The Morgan fingerprint density at radius 1 is 0.923 bits per heavy atom. The first-order chi connectivity index (χ1) is 12.6. The maximum atomic E-state index is 12.7. The zero-order chi connectivity index (χ0) is 18.1. The molecule has 4 fully saturated rings. The number of nitrogens with one attached hydrogen (secondary N) is 1. The van der Waals surface area contributed by atoms with Crippen molar-refractivity contribution < 1.29 is 14.7 Å². The number of carboxylic acids is 1. The van der Waals surface area contributed by atoms with Gasteiger partial charge in [0.15, 0.2) is 0 Å². The minimum absolute atomic E-state index is 0.146. The molecule has 0 aromatic heterocycles. The molecule has 0 heterocycles. The molecule has 0 saturated heterocycles. The van der Waals surface area contributed by atoms with Gasteiger partial charge in [-0.05, 0) is 62.7 Å². The molecule has 2 N–H and O–H groups in total. The Labute approximate surface area is 156 Å². The summed E-state index contributed by atoms with van der Waals surface area (Å²) in [5.41, 5.74) is 0. The van der Waals surface area contributed by atoms with Crippen molar-refractivity contribution in [1.82, 2.24) is 10.2 Å². The SMILES string of the molecule is O=C(O)CN(CC1CC1)C1CC(NC(=O)C2CCC3CCCCC3C2)C1. The van der Waals surface area contributed by atoms with Crippen molar-refractivity contribution in [2.45, 2.75) is 82.7 Å². The van der Waals surface area contributed by atoms with Gasteiger partial charge >= 0.3 is 5.97 Å². The van der Waals surface area contributed by atoms with Gasteiger partial charge in [0.05, 0.1) is 6.54 Å². The molecule has 4 saturated carbocycles. The largest absolute Gasteiger partial charge is 0.480 e. The predicted molar refractivity (Wildman–Crippen MR) is 99.7 cm³/mol. The van der Waals surface area contributed by atoms with Crippen molar-refractivity contribution in [1.29, 1.82) is 0 Å². The second kappa shape index (κ2) is 7.87. The normalized spacial score (nSPS) is 36.9. The smallest absolute Gasteiger partial charge is 0.317 e. The molecule has 26 heavy (non-hydrogen) atoms. The number of hydrogen-bond acceptors (Lipinski definition) is 3. The number of fused-ring (bicyclic) bond motifs is 1. The highest BCUT2D eigenvalue weighted by atomic mass is 16.4. The molecule has 1 amide bonds. The fourth-order valence-electron chi connectivity index (χ4n) is 5.58. The fraction of sp³-hybridized carbons (Fsp3) is 0.905. The highest BCUT2D eigenvalue weighted by Crippen LogP contribution is 2.43. The van der Waals surface area contributed by atoms with Crippen LogP contribution in [-0.2, 0) is 9.59 Å². The van der Waals surface area contributed by atoms with Crippen LogP contribution in [0.2, 0.25) is 0 Å². The Morgan fingerprint density at radius 3 is 2.35 bits per heavy atom. The van der Waals surface area contributed by atoms with Crippen molar-refractivity contribution in [2.24, 2.45) is 23.7 Å². The third-order valence-corrected chi connectivity index (χ3v) is 7.41. The molecular weight excluding hydrogens is 328 g/mol. The summed E-state index contributed by atoms with van der Waals surface area (Å²) in [6, 6.07) is 0.596. The summed E-state index contributed by atoms with van der Waals surface area (Å²) >= 11 is 0. The Morgan fingerprint density at radius 2 is 1.65 bits per heavy atom. The Bertz CT molecular complexity index is 527. The second-order valence-corrected chi connectivity index (χ2v) is 9.41. The molecule has 3 unspecified atom stereocenters. The third-order valence-electron chi connectivity index (χ3n) is 7.41. The molecule has 0 spiro atoms. The average Bonchev–Trinajstić information content (AvgIpc) is 3.40. The molecule has 0 bridgehead atoms. The Balaban J connectivity index is 1.21. The minimum Gasteiger partial charge on any atom is -0.480 e. The van der Waals surface area contributed by atoms with Crippen LogP contribution in [0.5, 0.6) is 0 Å². The number of carbonyl (C=O) groups excluding carboxylic acids is 1. The summed E-state index contributed by atoms with van der Waals surface area (Å²) in [6.45, 7) is 1.07. The van der Waals surface area contributed by atoms with E-state index in [1.807, 2.05) is 0 Å². The standard InChI is InChI=1S/C21H34N2O3/c24-20(25)13-23(12-14-5-6-14)19-10-18(11-19)22-21(26)17-8-7-15-3-1-2-4-16(15)9-17/h14-19H,1-13H2,(H,22,26)(H,24,25). The van der Waals surface area contributed by atoms with Gasteiger partial charge in [0.25, 0.3) is 0 Å². The van der Waals surface area contributed by atoms with Gasteiger partial charge in [0.1, 0.15) is 0 Å². The molecule has 4 aliphatic carbocycles. The van der Waals surface area contributed by atoms with Gasteiger partial charge < -0.3 is 10.4 Å². The van der Waals surface area contributed by atoms with Crippen molar-refractivity contribution in [2.75, 3.05) is 13.1 Å². The van der Waals surface area contributed by atoms with Crippen LogP contribution >= 0.6 is 0 Å². The first-order valence-electron chi connectivity index (χ1n) is 10.8. The summed E-state index contributed by atoms with van der Waals surface area (Å²) < 4.78 is 0. The third kappa shape index (κ3) is 4.41. The predicted octanol–water partition coefficient (Wildman–Crippen LogP) is 3.04. The lowest BCUT2D eigenvalue weighted by molar-refractivity contribution is -0.140. The quantitative estimate of drug-likeness (QED) is 0.730. The van der Waals surface area contributed by atoms with Gasteiger partial charge in [0, 0.05) is 24.5 Å². The number of carbonyl (C=O) groups is 2. The van der Waals surface area contributed by atoms with E-state index < -0.39 is 5.97 Å². The van der Waals surface area contributed by atoms with Crippen LogP contribution < -0.4 is 5.32 Å². The molecule has 3 atom stereocenters. The van der Waals surface area contributed by atoms with Crippen molar-refractivity contribution in [3.05, 3.63) is 0 Å². The van der Waals surface area contributed by atoms with E-state index in [2.05, 4.69) is 10.2 Å². The summed E-state index contributed by atoms with van der Waals surface area (Å²) in [6.07, 6.45) is 13.2. The first kappa shape index (κ1) is 18.3. The van der Waals surface area contributed by atoms with Crippen molar-refractivity contribution in [3.63, 3.8) is 0 Å². The molecule has 4 aliphatic rings. The minimum atomic E-state index is -0.734. The fourth-order valence-corrected chi connectivity index (χ4v) is 5.58. The van der Waals surface area contributed by atoms with E-state index in [9.17, 15) is 9.59 Å². The summed E-state index contributed by atoms with van der Waals surface area (Å²) in [5, 5.41) is 12.4. The zero-order valence-electron chi connectivity index (χ0n) is 15.9. The van der Waals surface area contributed by atoms with Crippen LogP contribution in [0.15, 0.2) is 0 Å². The number of hydrogen-bond donors (Lipinski definition) is 2. The Hall–Kier alpha value is -1.10. The van der Waals surface area contributed by atoms with E-state index in [0.717, 1.165) is 44.1 Å². The van der Waals surface area contributed by atoms with E-state index in [-0.39, 0.29) is 24.4 Å². The van der Waals surface area contributed by atoms with Gasteiger partial charge in [-0.1, -0.05) is 25.7 Å². The highest BCUT2D eigenvalue weighted by molar-refractivity contribution is 5.79. The maximum Gasteiger partial charge on any atom is 0.317 e. The van der Waals surface area contributed by atoms with Gasteiger partial charge in [-0.3, -0.25) is 14.5 Å². The molecule has 0 aromatic carbocycles. The van der Waals surface area contributed by atoms with Crippen LogP contribution in [0.25, 0.3) is 0 Å².